The normalized spacial score (nSPS) is 10.2. The van der Waals surface area contributed by atoms with Gasteiger partial charge in [-0.3, -0.25) is 14.9 Å². The van der Waals surface area contributed by atoms with E-state index in [2.05, 4.69) is 5.32 Å². The molecule has 6 nitrogen and oxygen atoms in total. The number of nitrogens with zero attached hydrogens (tertiary/aromatic N) is 1. The number of nitrogens with one attached hydrogen (secondary N) is 1. The van der Waals surface area contributed by atoms with Gasteiger partial charge in [0, 0.05) is 18.7 Å². The lowest BCUT2D eigenvalue weighted by atomic mass is 10.2. The maximum atomic E-state index is 11.9. The highest BCUT2D eigenvalue weighted by Crippen LogP contribution is 2.22. The van der Waals surface area contributed by atoms with Crippen molar-refractivity contribution in [1.82, 2.24) is 5.32 Å². The molecule has 0 atom stereocenters. The quantitative estimate of drug-likeness (QED) is 0.678. The first kappa shape index (κ1) is 14.1. The highest BCUT2D eigenvalue weighted by Gasteiger charge is 2.14. The molecule has 0 aliphatic heterocycles. The molecule has 0 fully saturated rings. The Kier molecular flexibility index (Phi) is 4.37. The lowest BCUT2D eigenvalue weighted by molar-refractivity contribution is -0.384. The van der Waals surface area contributed by atoms with Gasteiger partial charge in [0.15, 0.2) is 0 Å². The fourth-order valence-corrected chi connectivity index (χ4v) is 1.91. The van der Waals surface area contributed by atoms with E-state index in [1.54, 1.807) is 12.5 Å². The van der Waals surface area contributed by atoms with Crippen LogP contribution in [0.4, 0.5) is 5.69 Å². The summed E-state index contributed by atoms with van der Waals surface area (Å²) in [5.74, 6) is -0.367. The first-order valence-electron chi connectivity index (χ1n) is 5.81. The Morgan fingerprint density at radius 3 is 2.80 bits per heavy atom. The number of carbonyl (C=O) groups excluding carboxylic acids is 1. The lowest BCUT2D eigenvalue weighted by Crippen LogP contribution is -2.25. The Balaban J connectivity index is 1.97. The number of nitro benzene ring substituents is 1. The number of hydrogen-bond donors (Lipinski definition) is 1. The summed E-state index contributed by atoms with van der Waals surface area (Å²) in [5.41, 5.74) is 1.04. The highest BCUT2D eigenvalue weighted by molar-refractivity contribution is 6.34. The number of halogens is 1. The zero-order chi connectivity index (χ0) is 14.5. The van der Waals surface area contributed by atoms with E-state index in [4.69, 9.17) is 16.0 Å². The Morgan fingerprint density at radius 1 is 1.40 bits per heavy atom. The Labute approximate surface area is 119 Å². The summed E-state index contributed by atoms with van der Waals surface area (Å²) in [6, 6.07) is 5.56. The number of furan rings is 1. The summed E-state index contributed by atoms with van der Waals surface area (Å²) in [6.45, 7) is 0.422. The van der Waals surface area contributed by atoms with Gasteiger partial charge in [0.05, 0.1) is 28.0 Å². The van der Waals surface area contributed by atoms with Gasteiger partial charge in [-0.25, -0.2) is 0 Å². The average molecular weight is 295 g/mol. The number of rotatable bonds is 5. The van der Waals surface area contributed by atoms with Crippen LogP contribution in [0, 0.1) is 10.1 Å². The number of amides is 1. The molecule has 0 spiro atoms. The zero-order valence-electron chi connectivity index (χ0n) is 10.3. The first-order chi connectivity index (χ1) is 9.58. The van der Waals surface area contributed by atoms with E-state index < -0.39 is 4.92 Å². The number of nitro groups is 1. The van der Waals surface area contributed by atoms with Gasteiger partial charge < -0.3 is 9.73 Å². The number of non-ortho nitro benzene ring substituents is 1. The SMILES string of the molecule is O=C(NCCc1ccoc1)c1ccc([N+](=O)[O-])cc1Cl. The minimum Gasteiger partial charge on any atom is -0.472 e. The van der Waals surface area contributed by atoms with Crippen LogP contribution < -0.4 is 5.32 Å². The molecule has 0 aliphatic rings. The number of hydrogen-bond acceptors (Lipinski definition) is 4. The molecule has 20 heavy (non-hydrogen) atoms. The average Bonchev–Trinajstić information content (AvgIpc) is 2.91. The van der Waals surface area contributed by atoms with Crippen molar-refractivity contribution in [2.24, 2.45) is 0 Å². The smallest absolute Gasteiger partial charge is 0.270 e. The van der Waals surface area contributed by atoms with Crippen LogP contribution in [0.3, 0.4) is 0 Å². The van der Waals surface area contributed by atoms with Gasteiger partial charge in [0.25, 0.3) is 11.6 Å². The van der Waals surface area contributed by atoms with E-state index in [0.29, 0.717) is 13.0 Å². The molecule has 1 heterocycles. The predicted molar refractivity (Wildman–Crippen MR) is 72.9 cm³/mol. The van der Waals surface area contributed by atoms with Gasteiger partial charge in [-0.15, -0.1) is 0 Å². The van der Waals surface area contributed by atoms with E-state index in [1.165, 1.54) is 12.1 Å². The Bertz CT molecular complexity index is 625. The van der Waals surface area contributed by atoms with Gasteiger partial charge >= 0.3 is 0 Å². The van der Waals surface area contributed by atoms with Gasteiger partial charge in [-0.2, -0.15) is 0 Å². The minimum absolute atomic E-state index is 0.0556. The summed E-state index contributed by atoms with van der Waals surface area (Å²) >= 11 is 5.87. The standard InChI is InChI=1S/C13H11ClN2O4/c14-12-7-10(16(18)19)1-2-11(12)13(17)15-5-3-9-4-6-20-8-9/h1-2,4,6-8H,3,5H2,(H,15,17). The Morgan fingerprint density at radius 2 is 2.20 bits per heavy atom. The van der Waals surface area contributed by atoms with Crippen molar-refractivity contribution in [2.45, 2.75) is 6.42 Å². The van der Waals surface area contributed by atoms with Gasteiger partial charge in [-0.05, 0) is 24.1 Å². The van der Waals surface area contributed by atoms with E-state index >= 15 is 0 Å². The number of benzene rings is 1. The van der Waals surface area contributed by atoms with Gasteiger partial charge in [-0.1, -0.05) is 11.6 Å². The molecule has 7 heteroatoms. The van der Waals surface area contributed by atoms with Crippen molar-refractivity contribution < 1.29 is 14.1 Å². The third-order valence-electron chi connectivity index (χ3n) is 2.69. The van der Waals surface area contributed by atoms with Crippen LogP contribution in [0.1, 0.15) is 15.9 Å². The van der Waals surface area contributed by atoms with E-state index in [1.807, 2.05) is 6.07 Å². The van der Waals surface area contributed by atoms with Crippen LogP contribution in [-0.4, -0.2) is 17.4 Å². The predicted octanol–water partition coefficient (Wildman–Crippen LogP) is 2.81. The van der Waals surface area contributed by atoms with Crippen molar-refractivity contribution in [3.8, 4) is 0 Å². The van der Waals surface area contributed by atoms with Crippen LogP contribution in [0.5, 0.6) is 0 Å². The minimum atomic E-state index is -0.563. The second-order valence-electron chi connectivity index (χ2n) is 4.06. The molecular formula is C13H11ClN2O4. The third kappa shape index (κ3) is 3.36. The molecule has 2 rings (SSSR count). The molecule has 0 radical (unpaired) electrons. The van der Waals surface area contributed by atoms with E-state index in [9.17, 15) is 14.9 Å². The summed E-state index contributed by atoms with van der Waals surface area (Å²) in [5, 5.41) is 13.3. The van der Waals surface area contributed by atoms with Crippen LogP contribution >= 0.6 is 11.6 Å². The topological polar surface area (TPSA) is 85.4 Å². The monoisotopic (exact) mass is 294 g/mol. The molecular weight excluding hydrogens is 284 g/mol. The highest BCUT2D eigenvalue weighted by atomic mass is 35.5. The van der Waals surface area contributed by atoms with E-state index in [0.717, 1.165) is 11.6 Å². The molecule has 0 aliphatic carbocycles. The number of carbonyl (C=O) groups is 1. The van der Waals surface area contributed by atoms with Crippen LogP contribution in [0.25, 0.3) is 0 Å². The second-order valence-corrected chi connectivity index (χ2v) is 4.47. The van der Waals surface area contributed by atoms with Crippen molar-refractivity contribution >= 4 is 23.2 Å². The van der Waals surface area contributed by atoms with E-state index in [-0.39, 0.29) is 22.2 Å². The fourth-order valence-electron chi connectivity index (χ4n) is 1.65. The van der Waals surface area contributed by atoms with Gasteiger partial charge in [0.1, 0.15) is 0 Å². The molecule has 1 aromatic carbocycles. The summed E-state index contributed by atoms with van der Waals surface area (Å²) in [6.07, 6.45) is 3.79. The largest absolute Gasteiger partial charge is 0.472 e. The van der Waals surface area contributed by atoms with Crippen LogP contribution in [-0.2, 0) is 6.42 Å². The molecule has 1 N–H and O–H groups in total. The maximum Gasteiger partial charge on any atom is 0.270 e. The van der Waals surface area contributed by atoms with Gasteiger partial charge in [0.2, 0.25) is 0 Å². The zero-order valence-corrected chi connectivity index (χ0v) is 11.1. The molecule has 1 amide bonds. The molecule has 0 unspecified atom stereocenters. The fraction of sp³-hybridized carbons (Fsp3) is 0.154. The molecule has 0 bridgehead atoms. The van der Waals surface area contributed by atoms with Crippen LogP contribution in [0.15, 0.2) is 41.2 Å². The third-order valence-corrected chi connectivity index (χ3v) is 3.00. The molecule has 0 saturated heterocycles. The summed E-state index contributed by atoms with van der Waals surface area (Å²) in [4.78, 5) is 21.9. The van der Waals surface area contributed by atoms with Crippen molar-refractivity contribution in [3.63, 3.8) is 0 Å². The maximum absolute atomic E-state index is 11.9. The van der Waals surface area contributed by atoms with Crippen molar-refractivity contribution in [3.05, 3.63) is 63.1 Å². The second kappa shape index (κ2) is 6.21. The lowest BCUT2D eigenvalue weighted by Gasteiger charge is -2.05. The summed E-state index contributed by atoms with van der Waals surface area (Å²) in [7, 11) is 0. The van der Waals surface area contributed by atoms with Crippen molar-refractivity contribution in [2.75, 3.05) is 6.54 Å². The molecule has 104 valence electrons. The molecule has 2 aromatic rings. The van der Waals surface area contributed by atoms with Crippen LogP contribution in [0.2, 0.25) is 5.02 Å². The van der Waals surface area contributed by atoms with Crippen molar-refractivity contribution in [1.29, 1.82) is 0 Å². The Hall–Kier alpha value is -2.34. The first-order valence-corrected chi connectivity index (χ1v) is 6.19. The summed E-state index contributed by atoms with van der Waals surface area (Å²) < 4.78 is 4.91. The molecule has 0 saturated carbocycles. The molecule has 1 aromatic heterocycles.